The number of fused-ring (bicyclic) bond motifs is 1. The summed E-state index contributed by atoms with van der Waals surface area (Å²) in [7, 11) is 0. The minimum absolute atomic E-state index is 0.0411. The van der Waals surface area contributed by atoms with Crippen LogP contribution in [-0.4, -0.2) is 49.4 Å². The highest BCUT2D eigenvalue weighted by molar-refractivity contribution is 7.17. The van der Waals surface area contributed by atoms with Crippen LogP contribution in [0.5, 0.6) is 5.88 Å². The molecule has 3 aromatic rings. The Bertz CT molecular complexity index is 846. The van der Waals surface area contributed by atoms with E-state index in [1.165, 1.54) is 15.9 Å². The van der Waals surface area contributed by atoms with E-state index in [1.807, 2.05) is 38.1 Å². The molecular weight excluding hydrogens is 360 g/mol. The van der Waals surface area contributed by atoms with Crippen molar-refractivity contribution in [2.45, 2.75) is 26.3 Å². The second-order valence-corrected chi connectivity index (χ2v) is 7.12. The fourth-order valence-corrected chi connectivity index (χ4v) is 4.15. The molecule has 0 radical (unpaired) electrons. The lowest BCUT2D eigenvalue weighted by molar-refractivity contribution is 0.174. The van der Waals surface area contributed by atoms with Gasteiger partial charge in [-0.25, -0.2) is 4.98 Å². The molecule has 0 aliphatic heterocycles. The van der Waals surface area contributed by atoms with Crippen molar-refractivity contribution in [1.82, 2.24) is 19.5 Å². The van der Waals surface area contributed by atoms with E-state index in [1.54, 1.807) is 0 Å². The van der Waals surface area contributed by atoms with Gasteiger partial charge in [0.15, 0.2) is 5.82 Å². The largest absolute Gasteiger partial charge is 0.492 e. The van der Waals surface area contributed by atoms with Gasteiger partial charge in [-0.1, -0.05) is 48.9 Å². The molecule has 8 heteroatoms. The van der Waals surface area contributed by atoms with Gasteiger partial charge in [0.1, 0.15) is 0 Å². The van der Waals surface area contributed by atoms with Gasteiger partial charge in [0.05, 0.1) is 17.5 Å². The van der Waals surface area contributed by atoms with E-state index < -0.39 is 0 Å². The van der Waals surface area contributed by atoms with Crippen molar-refractivity contribution in [3.05, 3.63) is 45.6 Å². The predicted molar refractivity (Wildman–Crippen MR) is 99.5 cm³/mol. The van der Waals surface area contributed by atoms with Gasteiger partial charge in [-0.2, -0.15) is 4.52 Å². The fraction of sp³-hybridized carbons (Fsp3) is 0.412. The molecule has 0 fully saturated rings. The zero-order chi connectivity index (χ0) is 18.0. The second kappa shape index (κ2) is 7.70. The Morgan fingerprint density at radius 1 is 1.28 bits per heavy atom. The number of rotatable bonds is 7. The third kappa shape index (κ3) is 3.50. The molecule has 3 rings (SSSR count). The minimum Gasteiger partial charge on any atom is -0.492 e. The maximum absolute atomic E-state index is 10.8. The zero-order valence-corrected chi connectivity index (χ0v) is 15.8. The number of thiazole rings is 1. The van der Waals surface area contributed by atoms with Crippen molar-refractivity contribution in [2.24, 2.45) is 0 Å². The number of hydrogen-bond acceptors (Lipinski definition) is 6. The van der Waals surface area contributed by atoms with Crippen molar-refractivity contribution >= 4 is 27.9 Å². The summed E-state index contributed by atoms with van der Waals surface area (Å²) in [6.07, 6.45) is 0.718. The number of aromatic nitrogens is 3. The molecule has 0 spiro atoms. The van der Waals surface area contributed by atoms with E-state index in [9.17, 15) is 10.2 Å². The lowest BCUT2D eigenvalue weighted by atomic mass is 10.0. The van der Waals surface area contributed by atoms with Gasteiger partial charge in [-0.3, -0.25) is 4.90 Å². The summed E-state index contributed by atoms with van der Waals surface area (Å²) in [6, 6.07) is 7.35. The van der Waals surface area contributed by atoms with Crippen molar-refractivity contribution < 1.29 is 10.2 Å². The molecule has 1 atom stereocenters. The normalized spacial score (nSPS) is 13.0. The molecule has 2 N–H and O–H groups in total. The highest BCUT2D eigenvalue weighted by Crippen LogP contribution is 2.40. The van der Waals surface area contributed by atoms with Crippen molar-refractivity contribution in [1.29, 1.82) is 0 Å². The van der Waals surface area contributed by atoms with Crippen LogP contribution in [0, 0.1) is 0 Å². The molecule has 0 amide bonds. The van der Waals surface area contributed by atoms with Crippen LogP contribution in [0.1, 0.15) is 36.2 Å². The average Bonchev–Trinajstić information content (AvgIpc) is 3.15. The van der Waals surface area contributed by atoms with Gasteiger partial charge in [0, 0.05) is 18.0 Å². The Labute approximate surface area is 155 Å². The predicted octanol–water partition coefficient (Wildman–Crippen LogP) is 3.12. The van der Waals surface area contributed by atoms with E-state index in [4.69, 9.17) is 11.6 Å². The van der Waals surface area contributed by atoms with Gasteiger partial charge in [0.2, 0.25) is 10.8 Å². The number of aliphatic hydroxyl groups is 1. The number of aliphatic hydroxyl groups excluding tert-OH is 1. The third-order valence-corrected chi connectivity index (χ3v) is 5.48. The van der Waals surface area contributed by atoms with E-state index in [-0.39, 0.29) is 18.5 Å². The Balaban J connectivity index is 2.11. The number of nitrogens with zero attached hydrogens (tertiary/aromatic N) is 4. The van der Waals surface area contributed by atoms with Crippen LogP contribution in [0.4, 0.5) is 0 Å². The molecule has 2 aromatic heterocycles. The highest BCUT2D eigenvalue weighted by Gasteiger charge is 2.28. The smallest absolute Gasteiger partial charge is 0.230 e. The van der Waals surface area contributed by atoms with E-state index in [0.29, 0.717) is 22.4 Å². The zero-order valence-electron chi connectivity index (χ0n) is 14.2. The van der Waals surface area contributed by atoms with E-state index >= 15 is 0 Å². The molecule has 0 aliphatic rings. The maximum Gasteiger partial charge on any atom is 0.230 e. The summed E-state index contributed by atoms with van der Waals surface area (Å²) >= 11 is 7.44. The molecule has 134 valence electrons. The molecule has 1 unspecified atom stereocenters. The Kier molecular flexibility index (Phi) is 5.58. The number of benzene rings is 1. The minimum atomic E-state index is -0.201. The van der Waals surface area contributed by atoms with Crippen LogP contribution in [0.3, 0.4) is 0 Å². The van der Waals surface area contributed by atoms with Gasteiger partial charge < -0.3 is 10.2 Å². The van der Waals surface area contributed by atoms with Gasteiger partial charge in [-0.05, 0) is 24.2 Å². The van der Waals surface area contributed by atoms with Crippen LogP contribution in [0.2, 0.25) is 5.02 Å². The third-order valence-electron chi connectivity index (χ3n) is 4.15. The fourth-order valence-electron chi connectivity index (χ4n) is 2.89. The van der Waals surface area contributed by atoms with Crippen LogP contribution in [0.15, 0.2) is 24.3 Å². The number of hydrogen-bond donors (Lipinski definition) is 2. The van der Waals surface area contributed by atoms with Crippen molar-refractivity contribution in [3.8, 4) is 5.88 Å². The number of likely N-dealkylation sites (N-methyl/N-ethyl adjacent to an activating group) is 1. The van der Waals surface area contributed by atoms with Crippen molar-refractivity contribution in [2.75, 3.05) is 19.7 Å². The summed E-state index contributed by atoms with van der Waals surface area (Å²) in [4.78, 5) is 7.99. The summed E-state index contributed by atoms with van der Waals surface area (Å²) in [5, 5.41) is 25.2. The Morgan fingerprint density at radius 3 is 2.56 bits per heavy atom. The number of halogens is 1. The quantitative estimate of drug-likeness (QED) is 0.658. The monoisotopic (exact) mass is 380 g/mol. The first-order chi connectivity index (χ1) is 12.1. The SMILES string of the molecule is CCc1nc2sc(C(c3ccc(Cl)cc3)N(CC)CCO)c(O)n2n1. The van der Waals surface area contributed by atoms with Gasteiger partial charge in [-0.15, -0.1) is 5.10 Å². The molecule has 0 aliphatic carbocycles. The van der Waals surface area contributed by atoms with E-state index in [0.717, 1.165) is 23.4 Å². The first kappa shape index (κ1) is 18.1. The molecule has 2 heterocycles. The second-order valence-electron chi connectivity index (χ2n) is 5.67. The highest BCUT2D eigenvalue weighted by atomic mass is 35.5. The summed E-state index contributed by atoms with van der Waals surface area (Å²) in [6.45, 7) is 5.27. The molecule has 0 bridgehead atoms. The number of aromatic hydroxyl groups is 1. The van der Waals surface area contributed by atoms with Crippen LogP contribution in [-0.2, 0) is 6.42 Å². The van der Waals surface area contributed by atoms with Crippen LogP contribution in [0.25, 0.3) is 4.96 Å². The average molecular weight is 381 g/mol. The van der Waals surface area contributed by atoms with Crippen LogP contribution >= 0.6 is 22.9 Å². The first-order valence-electron chi connectivity index (χ1n) is 8.26. The summed E-state index contributed by atoms with van der Waals surface area (Å²) in [5.41, 5.74) is 0.996. The summed E-state index contributed by atoms with van der Waals surface area (Å²) in [5.74, 6) is 0.808. The molecule has 0 saturated carbocycles. The maximum atomic E-state index is 10.8. The van der Waals surface area contributed by atoms with E-state index in [2.05, 4.69) is 15.0 Å². The van der Waals surface area contributed by atoms with Gasteiger partial charge >= 0.3 is 0 Å². The lowest BCUT2D eigenvalue weighted by Gasteiger charge is -2.29. The Hall–Kier alpha value is -1.67. The molecule has 25 heavy (non-hydrogen) atoms. The molecule has 6 nitrogen and oxygen atoms in total. The number of aryl methyl sites for hydroxylation is 1. The molecule has 0 saturated heterocycles. The van der Waals surface area contributed by atoms with Crippen LogP contribution < -0.4 is 0 Å². The molecule has 1 aromatic carbocycles. The summed E-state index contributed by atoms with van der Waals surface area (Å²) < 4.78 is 1.49. The first-order valence-corrected chi connectivity index (χ1v) is 9.46. The van der Waals surface area contributed by atoms with Crippen molar-refractivity contribution in [3.63, 3.8) is 0 Å². The lowest BCUT2D eigenvalue weighted by Crippen LogP contribution is -2.31. The topological polar surface area (TPSA) is 73.9 Å². The van der Waals surface area contributed by atoms with Gasteiger partial charge in [0.25, 0.3) is 0 Å². The Morgan fingerprint density at radius 2 is 2.00 bits per heavy atom. The standard InChI is InChI=1S/C17H21ClN4O2S/c1-3-13-19-17-22(20-13)16(24)15(25-17)14(21(4-2)9-10-23)11-5-7-12(18)8-6-11/h5-8,14,23-24H,3-4,9-10H2,1-2H3. The molecular formula is C17H21ClN4O2S.